The minimum absolute atomic E-state index is 0.0379. The SMILES string of the molecule is CC(=O)Nc1ccccc1C(=O)Nc1nc(C(F)(F)F)c([N+](=O)[O-])s1. The van der Waals surface area contributed by atoms with Crippen molar-refractivity contribution in [1.29, 1.82) is 0 Å². The summed E-state index contributed by atoms with van der Waals surface area (Å²) in [7, 11) is 0. The van der Waals surface area contributed by atoms with Crippen molar-refractivity contribution in [3.8, 4) is 0 Å². The average molecular weight is 374 g/mol. The first-order chi connectivity index (χ1) is 11.6. The Morgan fingerprint density at radius 1 is 1.24 bits per heavy atom. The minimum atomic E-state index is -5.03. The molecule has 0 aliphatic rings. The summed E-state index contributed by atoms with van der Waals surface area (Å²) in [4.78, 5) is 35.9. The van der Waals surface area contributed by atoms with Crippen molar-refractivity contribution in [3.05, 3.63) is 45.6 Å². The molecule has 1 aromatic heterocycles. The summed E-state index contributed by atoms with van der Waals surface area (Å²) in [6, 6.07) is 5.76. The molecule has 0 spiro atoms. The predicted octanol–water partition coefficient (Wildman–Crippen LogP) is 3.28. The molecule has 0 saturated heterocycles. The molecule has 2 aromatic rings. The Kier molecular flexibility index (Phi) is 5.02. The molecule has 0 bridgehead atoms. The van der Waals surface area contributed by atoms with Gasteiger partial charge in [-0.25, -0.2) is 4.98 Å². The summed E-state index contributed by atoms with van der Waals surface area (Å²) in [5.74, 6) is -1.33. The van der Waals surface area contributed by atoms with Crippen LogP contribution in [0.5, 0.6) is 0 Å². The Hall–Kier alpha value is -3.02. The number of anilines is 2. The monoisotopic (exact) mass is 374 g/mol. The average Bonchev–Trinajstić information content (AvgIpc) is 2.91. The lowest BCUT2D eigenvalue weighted by molar-refractivity contribution is -0.383. The molecule has 1 aromatic carbocycles. The summed E-state index contributed by atoms with van der Waals surface area (Å²) in [6.07, 6.45) is -5.03. The van der Waals surface area contributed by atoms with E-state index in [1.165, 1.54) is 31.2 Å². The van der Waals surface area contributed by atoms with Crippen LogP contribution in [0.3, 0.4) is 0 Å². The second-order valence-electron chi connectivity index (χ2n) is 4.61. The van der Waals surface area contributed by atoms with Crippen LogP contribution in [0.2, 0.25) is 0 Å². The molecule has 0 saturated carbocycles. The van der Waals surface area contributed by atoms with Gasteiger partial charge in [-0.15, -0.1) is 0 Å². The molecule has 2 rings (SSSR count). The molecular formula is C13H9F3N4O4S. The third-order valence-corrected chi connectivity index (χ3v) is 3.67. The van der Waals surface area contributed by atoms with Crippen LogP contribution in [0.4, 0.5) is 29.0 Å². The summed E-state index contributed by atoms with van der Waals surface area (Å²) >= 11 is 0.0878. The number of nitrogens with zero attached hydrogens (tertiary/aromatic N) is 2. The van der Waals surface area contributed by atoms with E-state index in [1.54, 1.807) is 0 Å². The number of alkyl halides is 3. The molecule has 0 fully saturated rings. The van der Waals surface area contributed by atoms with E-state index < -0.39 is 38.7 Å². The van der Waals surface area contributed by atoms with Gasteiger partial charge in [-0.2, -0.15) is 13.2 Å². The third-order valence-electron chi connectivity index (χ3n) is 2.75. The molecule has 0 aliphatic heterocycles. The zero-order valence-electron chi connectivity index (χ0n) is 12.4. The summed E-state index contributed by atoms with van der Waals surface area (Å²) in [5, 5.41) is 13.4. The predicted molar refractivity (Wildman–Crippen MR) is 82.5 cm³/mol. The number of rotatable bonds is 4. The van der Waals surface area contributed by atoms with Crippen molar-refractivity contribution in [3.63, 3.8) is 0 Å². The quantitative estimate of drug-likeness (QED) is 0.630. The fourth-order valence-corrected chi connectivity index (χ4v) is 2.61. The number of para-hydroxylation sites is 1. The van der Waals surface area contributed by atoms with E-state index in [0.29, 0.717) is 0 Å². The van der Waals surface area contributed by atoms with Crippen molar-refractivity contribution in [2.24, 2.45) is 0 Å². The summed E-state index contributed by atoms with van der Waals surface area (Å²) in [6.45, 7) is 1.22. The molecule has 0 unspecified atom stereocenters. The van der Waals surface area contributed by atoms with E-state index in [0.717, 1.165) is 0 Å². The second-order valence-corrected chi connectivity index (χ2v) is 5.59. The van der Waals surface area contributed by atoms with Crippen LogP contribution in [0, 0.1) is 10.1 Å². The molecule has 132 valence electrons. The maximum Gasteiger partial charge on any atom is 0.441 e. The van der Waals surface area contributed by atoms with Crippen LogP contribution in [-0.2, 0) is 11.0 Å². The number of hydrogen-bond acceptors (Lipinski definition) is 6. The largest absolute Gasteiger partial charge is 0.441 e. The van der Waals surface area contributed by atoms with Gasteiger partial charge in [0, 0.05) is 6.92 Å². The number of hydrogen-bond donors (Lipinski definition) is 2. The van der Waals surface area contributed by atoms with Crippen molar-refractivity contribution in [2.75, 3.05) is 10.6 Å². The van der Waals surface area contributed by atoms with Gasteiger partial charge in [0.1, 0.15) is 0 Å². The smallest absolute Gasteiger partial charge is 0.326 e. The molecule has 12 heteroatoms. The number of amides is 2. The number of carbonyl (C=O) groups is 2. The standard InChI is InChI=1S/C13H9F3N4O4S/c1-6(21)17-8-5-3-2-4-7(8)10(22)19-12-18-9(13(14,15)16)11(25-12)20(23)24/h2-5H,1H3,(H,17,21)(H,18,19,22). The maximum atomic E-state index is 12.8. The number of nitrogens with one attached hydrogen (secondary N) is 2. The lowest BCUT2D eigenvalue weighted by atomic mass is 10.1. The van der Waals surface area contributed by atoms with Gasteiger partial charge in [0.15, 0.2) is 5.13 Å². The minimum Gasteiger partial charge on any atom is -0.326 e. The molecule has 8 nitrogen and oxygen atoms in total. The number of benzene rings is 1. The number of carbonyl (C=O) groups excluding carboxylic acids is 2. The fraction of sp³-hybridized carbons (Fsp3) is 0.154. The summed E-state index contributed by atoms with van der Waals surface area (Å²) < 4.78 is 38.3. The maximum absolute atomic E-state index is 12.8. The van der Waals surface area contributed by atoms with Gasteiger partial charge in [-0.3, -0.25) is 25.0 Å². The lowest BCUT2D eigenvalue weighted by Crippen LogP contribution is -2.16. The van der Waals surface area contributed by atoms with Gasteiger partial charge in [0.2, 0.25) is 11.6 Å². The highest BCUT2D eigenvalue weighted by atomic mass is 32.1. The van der Waals surface area contributed by atoms with Crippen molar-refractivity contribution >= 4 is 39.0 Å². The highest BCUT2D eigenvalue weighted by Crippen LogP contribution is 2.41. The molecule has 25 heavy (non-hydrogen) atoms. The second kappa shape index (κ2) is 6.84. The summed E-state index contributed by atoms with van der Waals surface area (Å²) in [5.41, 5.74) is -1.59. The van der Waals surface area contributed by atoms with E-state index in [2.05, 4.69) is 15.6 Å². The van der Waals surface area contributed by atoms with Gasteiger partial charge in [-0.05, 0) is 23.5 Å². The number of thiazole rings is 1. The lowest BCUT2D eigenvalue weighted by Gasteiger charge is -2.08. The fourth-order valence-electron chi connectivity index (χ4n) is 1.82. The van der Waals surface area contributed by atoms with Gasteiger partial charge >= 0.3 is 11.2 Å². The van der Waals surface area contributed by atoms with Gasteiger partial charge < -0.3 is 5.32 Å². The Morgan fingerprint density at radius 3 is 2.40 bits per heavy atom. The van der Waals surface area contributed by atoms with E-state index in [9.17, 15) is 32.9 Å². The van der Waals surface area contributed by atoms with Crippen LogP contribution in [0.15, 0.2) is 24.3 Å². The first kappa shape index (κ1) is 18.3. The van der Waals surface area contributed by atoms with E-state index >= 15 is 0 Å². The number of nitro groups is 1. The first-order valence-corrected chi connectivity index (χ1v) is 7.31. The highest BCUT2D eigenvalue weighted by molar-refractivity contribution is 7.19. The molecule has 0 radical (unpaired) electrons. The third kappa shape index (κ3) is 4.29. The molecule has 0 atom stereocenters. The number of aromatic nitrogens is 1. The molecule has 2 amide bonds. The van der Waals surface area contributed by atoms with Crippen LogP contribution in [-0.4, -0.2) is 21.7 Å². The Balaban J connectivity index is 2.33. The van der Waals surface area contributed by atoms with Crippen molar-refractivity contribution in [1.82, 2.24) is 4.98 Å². The van der Waals surface area contributed by atoms with Crippen LogP contribution in [0.25, 0.3) is 0 Å². The van der Waals surface area contributed by atoms with Crippen LogP contribution < -0.4 is 10.6 Å². The van der Waals surface area contributed by atoms with Gasteiger partial charge in [-0.1, -0.05) is 12.1 Å². The van der Waals surface area contributed by atoms with Crippen LogP contribution >= 0.6 is 11.3 Å². The van der Waals surface area contributed by atoms with Crippen LogP contribution in [0.1, 0.15) is 23.0 Å². The number of halogens is 3. The highest BCUT2D eigenvalue weighted by Gasteiger charge is 2.43. The van der Waals surface area contributed by atoms with Gasteiger partial charge in [0.25, 0.3) is 5.91 Å². The van der Waals surface area contributed by atoms with E-state index in [1.807, 2.05) is 0 Å². The Labute approximate surface area is 141 Å². The molecular weight excluding hydrogens is 365 g/mol. The Bertz CT molecular complexity index is 850. The first-order valence-electron chi connectivity index (χ1n) is 6.50. The van der Waals surface area contributed by atoms with Crippen molar-refractivity contribution in [2.45, 2.75) is 13.1 Å². The Morgan fingerprint density at radius 2 is 1.88 bits per heavy atom. The van der Waals surface area contributed by atoms with Crippen molar-refractivity contribution < 1.29 is 27.7 Å². The molecule has 0 aliphatic carbocycles. The molecule has 2 N–H and O–H groups in total. The zero-order chi connectivity index (χ0) is 18.8. The van der Waals surface area contributed by atoms with Gasteiger partial charge in [0.05, 0.1) is 16.2 Å². The topological polar surface area (TPSA) is 114 Å². The zero-order valence-corrected chi connectivity index (χ0v) is 13.2. The normalized spacial score (nSPS) is 11.0. The molecule has 1 heterocycles. The van der Waals surface area contributed by atoms with E-state index in [4.69, 9.17) is 0 Å². The van der Waals surface area contributed by atoms with E-state index in [-0.39, 0.29) is 22.6 Å².